The minimum atomic E-state index is -3.15. The molecule has 0 bridgehead atoms. The first-order chi connectivity index (χ1) is 4.97. The Bertz CT molecular complexity index is 226. The van der Waals surface area contributed by atoms with Crippen molar-refractivity contribution in [3.05, 3.63) is 0 Å². The van der Waals surface area contributed by atoms with Gasteiger partial charge in [0.1, 0.15) is 12.5 Å². The van der Waals surface area contributed by atoms with Gasteiger partial charge < -0.3 is 4.74 Å². The van der Waals surface area contributed by atoms with Crippen LogP contribution in [-0.2, 0) is 14.8 Å². The highest BCUT2D eigenvalue weighted by Gasteiger charge is 2.23. The first-order valence-electron chi connectivity index (χ1n) is 3.33. The molecule has 1 heterocycles. The molecule has 0 aromatic rings. The Balaban J connectivity index is 2.41. The van der Waals surface area contributed by atoms with Crippen LogP contribution in [0.2, 0.25) is 0 Å². The predicted octanol–water partition coefficient (Wildman–Crippen LogP) is -1.17. The lowest BCUT2D eigenvalue weighted by Gasteiger charge is -2.09. The fraction of sp³-hybridized carbons (Fsp3) is 1.00. The summed E-state index contributed by atoms with van der Waals surface area (Å²) in [5.74, 6) is 0. The summed E-state index contributed by atoms with van der Waals surface area (Å²) in [6, 6.07) is 0. The van der Waals surface area contributed by atoms with Gasteiger partial charge in [0.25, 0.3) is 0 Å². The van der Waals surface area contributed by atoms with Crippen molar-refractivity contribution in [2.75, 3.05) is 12.8 Å². The van der Waals surface area contributed by atoms with E-state index in [2.05, 4.69) is 10.0 Å². The molecule has 2 N–H and O–H groups in total. The summed E-state index contributed by atoms with van der Waals surface area (Å²) in [7, 11) is -3.15. The third kappa shape index (κ3) is 3.15. The van der Waals surface area contributed by atoms with E-state index < -0.39 is 16.3 Å². The SMILES string of the molecule is C[C@H]1NC[C@H](NS(C)(=O)=O)O1. The zero-order valence-electron chi connectivity index (χ0n) is 6.49. The Morgan fingerprint density at radius 3 is 2.64 bits per heavy atom. The van der Waals surface area contributed by atoms with Gasteiger partial charge in [0.05, 0.1) is 6.26 Å². The summed E-state index contributed by atoms with van der Waals surface area (Å²) in [5.41, 5.74) is 0. The van der Waals surface area contributed by atoms with Gasteiger partial charge in [-0.3, -0.25) is 5.32 Å². The molecule has 2 atom stereocenters. The van der Waals surface area contributed by atoms with E-state index in [1.807, 2.05) is 6.92 Å². The van der Waals surface area contributed by atoms with Crippen LogP contribution in [0.1, 0.15) is 6.92 Å². The summed E-state index contributed by atoms with van der Waals surface area (Å²) < 4.78 is 28.8. The van der Waals surface area contributed by atoms with E-state index in [0.717, 1.165) is 6.26 Å². The van der Waals surface area contributed by atoms with Crippen molar-refractivity contribution in [3.63, 3.8) is 0 Å². The van der Waals surface area contributed by atoms with E-state index in [4.69, 9.17) is 4.74 Å². The van der Waals surface area contributed by atoms with Crippen LogP contribution in [-0.4, -0.2) is 33.7 Å². The molecule has 0 spiro atoms. The standard InChI is InChI=1S/C5H12N2O3S/c1-4-6-3-5(10-4)7-11(2,8)9/h4-7H,3H2,1-2H3/t4-,5+/m0/s1. The summed E-state index contributed by atoms with van der Waals surface area (Å²) in [4.78, 5) is 0. The van der Waals surface area contributed by atoms with Gasteiger partial charge in [-0.15, -0.1) is 0 Å². The molecular weight excluding hydrogens is 168 g/mol. The van der Waals surface area contributed by atoms with Crippen molar-refractivity contribution in [2.24, 2.45) is 0 Å². The van der Waals surface area contributed by atoms with Gasteiger partial charge >= 0.3 is 0 Å². The van der Waals surface area contributed by atoms with Crippen LogP contribution in [0, 0.1) is 0 Å². The third-order valence-electron chi connectivity index (χ3n) is 1.30. The fourth-order valence-corrected chi connectivity index (χ4v) is 1.54. The van der Waals surface area contributed by atoms with Crippen molar-refractivity contribution >= 4 is 10.0 Å². The summed E-state index contributed by atoms with van der Waals surface area (Å²) in [6.07, 6.45) is 0.619. The van der Waals surface area contributed by atoms with Crippen LogP contribution in [0.4, 0.5) is 0 Å². The largest absolute Gasteiger partial charge is 0.343 e. The lowest BCUT2D eigenvalue weighted by molar-refractivity contribution is 0.0477. The maximum atomic E-state index is 10.7. The van der Waals surface area contributed by atoms with Crippen molar-refractivity contribution < 1.29 is 13.2 Å². The lowest BCUT2D eigenvalue weighted by atomic mass is 10.6. The Hall–Kier alpha value is -0.170. The molecule has 0 aliphatic carbocycles. The van der Waals surface area contributed by atoms with Crippen LogP contribution in [0.25, 0.3) is 0 Å². The predicted molar refractivity (Wildman–Crippen MR) is 40.3 cm³/mol. The van der Waals surface area contributed by atoms with E-state index in [1.165, 1.54) is 0 Å². The zero-order valence-corrected chi connectivity index (χ0v) is 7.31. The minimum absolute atomic E-state index is 0.0748. The molecule has 0 amide bonds. The number of hydrogen-bond donors (Lipinski definition) is 2. The summed E-state index contributed by atoms with van der Waals surface area (Å²) in [5, 5.41) is 2.94. The quantitative estimate of drug-likeness (QED) is 0.562. The second-order valence-electron chi connectivity index (χ2n) is 2.57. The zero-order chi connectivity index (χ0) is 8.48. The summed E-state index contributed by atoms with van der Waals surface area (Å²) >= 11 is 0. The second-order valence-corrected chi connectivity index (χ2v) is 4.35. The van der Waals surface area contributed by atoms with Gasteiger partial charge in [0.15, 0.2) is 0 Å². The molecule has 1 aliphatic heterocycles. The van der Waals surface area contributed by atoms with Crippen LogP contribution >= 0.6 is 0 Å². The number of hydrogen-bond acceptors (Lipinski definition) is 4. The second kappa shape index (κ2) is 3.06. The molecule has 0 unspecified atom stereocenters. The molecule has 0 saturated carbocycles. The van der Waals surface area contributed by atoms with Crippen LogP contribution < -0.4 is 10.0 Å². The maximum Gasteiger partial charge on any atom is 0.210 e. The molecule has 1 aliphatic rings. The van der Waals surface area contributed by atoms with Crippen molar-refractivity contribution in [1.29, 1.82) is 0 Å². The number of rotatable bonds is 2. The summed E-state index contributed by atoms with van der Waals surface area (Å²) in [6.45, 7) is 2.35. The van der Waals surface area contributed by atoms with Crippen LogP contribution in [0.5, 0.6) is 0 Å². The molecule has 0 aromatic heterocycles. The average molecular weight is 180 g/mol. The van der Waals surface area contributed by atoms with Crippen molar-refractivity contribution in [1.82, 2.24) is 10.0 Å². The van der Waals surface area contributed by atoms with E-state index in [9.17, 15) is 8.42 Å². The van der Waals surface area contributed by atoms with E-state index in [1.54, 1.807) is 0 Å². The minimum Gasteiger partial charge on any atom is -0.343 e. The highest BCUT2D eigenvalue weighted by atomic mass is 32.2. The molecule has 0 aromatic carbocycles. The fourth-order valence-electron chi connectivity index (χ4n) is 0.924. The molecule has 1 rings (SSSR count). The highest BCUT2D eigenvalue weighted by molar-refractivity contribution is 7.88. The van der Waals surface area contributed by atoms with Gasteiger partial charge in [-0.05, 0) is 6.92 Å². The van der Waals surface area contributed by atoms with Crippen LogP contribution in [0.15, 0.2) is 0 Å². The van der Waals surface area contributed by atoms with Crippen molar-refractivity contribution in [3.8, 4) is 0 Å². The van der Waals surface area contributed by atoms with E-state index >= 15 is 0 Å². The number of sulfonamides is 1. The van der Waals surface area contributed by atoms with Crippen LogP contribution in [0.3, 0.4) is 0 Å². The Labute approximate surface area is 66.2 Å². The van der Waals surface area contributed by atoms with Gasteiger partial charge in [-0.25, -0.2) is 8.42 Å². The molecule has 0 radical (unpaired) electrons. The topological polar surface area (TPSA) is 67.4 Å². The smallest absolute Gasteiger partial charge is 0.210 e. The Kier molecular flexibility index (Phi) is 2.48. The van der Waals surface area contributed by atoms with Gasteiger partial charge in [-0.1, -0.05) is 0 Å². The first kappa shape index (κ1) is 8.92. The Morgan fingerprint density at radius 2 is 2.27 bits per heavy atom. The molecular formula is C5H12N2O3S. The van der Waals surface area contributed by atoms with Crippen molar-refractivity contribution in [2.45, 2.75) is 19.4 Å². The monoisotopic (exact) mass is 180 g/mol. The third-order valence-corrected chi connectivity index (χ3v) is 2.00. The lowest BCUT2D eigenvalue weighted by Crippen LogP contribution is -2.36. The highest BCUT2D eigenvalue weighted by Crippen LogP contribution is 2.01. The average Bonchev–Trinajstić information content (AvgIpc) is 2.10. The molecule has 1 fully saturated rings. The number of nitrogens with one attached hydrogen (secondary N) is 2. The van der Waals surface area contributed by atoms with Gasteiger partial charge in [-0.2, -0.15) is 4.72 Å². The van der Waals surface area contributed by atoms with E-state index in [0.29, 0.717) is 6.54 Å². The van der Waals surface area contributed by atoms with E-state index in [-0.39, 0.29) is 6.23 Å². The molecule has 66 valence electrons. The molecule has 11 heavy (non-hydrogen) atoms. The van der Waals surface area contributed by atoms with Gasteiger partial charge in [0, 0.05) is 6.54 Å². The molecule has 1 saturated heterocycles. The normalized spacial score (nSPS) is 32.5. The van der Waals surface area contributed by atoms with Gasteiger partial charge in [0.2, 0.25) is 10.0 Å². The first-order valence-corrected chi connectivity index (χ1v) is 5.23. The number of ether oxygens (including phenoxy) is 1. The maximum absolute atomic E-state index is 10.7. The molecule has 6 heteroatoms. The molecule has 5 nitrogen and oxygen atoms in total. The Morgan fingerprint density at radius 1 is 1.64 bits per heavy atom.